The van der Waals surface area contributed by atoms with Gasteiger partial charge in [-0.2, -0.15) is 0 Å². The molecule has 104 valence electrons. The van der Waals surface area contributed by atoms with Crippen LogP contribution < -0.4 is 0 Å². The van der Waals surface area contributed by atoms with E-state index in [1.807, 2.05) is 40.4 Å². The molecule has 0 aliphatic rings. The number of aryl methyl sites for hydroxylation is 1. The van der Waals surface area contributed by atoms with E-state index >= 15 is 0 Å². The average Bonchev–Trinajstić information content (AvgIpc) is 2.95. The molecule has 3 rings (SSSR count). The molecule has 0 radical (unpaired) electrons. The summed E-state index contributed by atoms with van der Waals surface area (Å²) in [6.45, 7) is 1.00. The van der Waals surface area contributed by atoms with Gasteiger partial charge in [0.2, 0.25) is 0 Å². The van der Waals surface area contributed by atoms with Gasteiger partial charge < -0.3 is 19.0 Å². The lowest BCUT2D eigenvalue weighted by Gasteiger charge is -2.07. The van der Waals surface area contributed by atoms with Gasteiger partial charge in [-0.15, -0.1) is 0 Å². The van der Waals surface area contributed by atoms with Crippen molar-refractivity contribution < 1.29 is 14.6 Å². The normalized spacial score (nSPS) is 11.5. The van der Waals surface area contributed by atoms with Gasteiger partial charge in [-0.25, -0.2) is 4.79 Å². The lowest BCUT2D eigenvalue weighted by atomic mass is 10.2. The fourth-order valence-corrected chi connectivity index (χ4v) is 2.76. The predicted molar refractivity (Wildman–Crippen MR) is 77.3 cm³/mol. The minimum atomic E-state index is -0.915. The first-order chi connectivity index (χ1) is 9.65. The Labute approximate surface area is 116 Å². The van der Waals surface area contributed by atoms with E-state index in [1.54, 1.807) is 13.2 Å². The SMILES string of the molecule is COCCn1c(C(=O)O)cc2c1c1ccccc1n2C. The fraction of sp³-hybridized carbons (Fsp3) is 0.267. The Balaban J connectivity index is 2.38. The first kappa shape index (κ1) is 12.7. The molecule has 5 heteroatoms. The largest absolute Gasteiger partial charge is 0.477 e. The summed E-state index contributed by atoms with van der Waals surface area (Å²) in [4.78, 5) is 11.4. The van der Waals surface area contributed by atoms with E-state index in [1.165, 1.54) is 0 Å². The second kappa shape index (κ2) is 4.68. The number of rotatable bonds is 4. The van der Waals surface area contributed by atoms with Crippen LogP contribution in [-0.2, 0) is 18.3 Å². The average molecular weight is 272 g/mol. The maximum Gasteiger partial charge on any atom is 0.352 e. The monoisotopic (exact) mass is 272 g/mol. The van der Waals surface area contributed by atoms with Crippen LogP contribution in [0.2, 0.25) is 0 Å². The van der Waals surface area contributed by atoms with Crippen molar-refractivity contribution in [1.29, 1.82) is 0 Å². The van der Waals surface area contributed by atoms with Crippen molar-refractivity contribution in [3.05, 3.63) is 36.0 Å². The molecule has 0 atom stereocenters. The van der Waals surface area contributed by atoms with E-state index in [4.69, 9.17) is 4.74 Å². The highest BCUT2D eigenvalue weighted by atomic mass is 16.5. The molecule has 1 aromatic carbocycles. The molecule has 20 heavy (non-hydrogen) atoms. The Kier molecular flexibility index (Phi) is 2.99. The number of carbonyl (C=O) groups is 1. The maximum absolute atomic E-state index is 11.4. The number of carboxylic acid groups (broad SMARTS) is 1. The van der Waals surface area contributed by atoms with Crippen LogP contribution in [0.25, 0.3) is 21.9 Å². The molecule has 0 aliphatic heterocycles. The number of benzene rings is 1. The van der Waals surface area contributed by atoms with Crippen molar-refractivity contribution in [1.82, 2.24) is 9.13 Å². The summed E-state index contributed by atoms with van der Waals surface area (Å²) in [5, 5.41) is 10.4. The number of hydrogen-bond donors (Lipinski definition) is 1. The molecular formula is C15H16N2O3. The Bertz CT molecular complexity index is 798. The van der Waals surface area contributed by atoms with Crippen LogP contribution in [0.5, 0.6) is 0 Å². The van der Waals surface area contributed by atoms with Gasteiger partial charge in [0.25, 0.3) is 0 Å². The van der Waals surface area contributed by atoms with Gasteiger partial charge in [0.05, 0.1) is 23.2 Å². The van der Waals surface area contributed by atoms with E-state index in [2.05, 4.69) is 0 Å². The Morgan fingerprint density at radius 2 is 2.05 bits per heavy atom. The van der Waals surface area contributed by atoms with Crippen LogP contribution in [0.3, 0.4) is 0 Å². The quantitative estimate of drug-likeness (QED) is 0.793. The number of para-hydroxylation sites is 1. The Morgan fingerprint density at radius 1 is 1.30 bits per heavy atom. The number of fused-ring (bicyclic) bond motifs is 3. The second-order valence-electron chi connectivity index (χ2n) is 4.79. The van der Waals surface area contributed by atoms with Crippen LogP contribution >= 0.6 is 0 Å². The first-order valence-corrected chi connectivity index (χ1v) is 6.44. The van der Waals surface area contributed by atoms with Crippen molar-refractivity contribution in [2.75, 3.05) is 13.7 Å². The van der Waals surface area contributed by atoms with Crippen LogP contribution in [0.15, 0.2) is 30.3 Å². The zero-order chi connectivity index (χ0) is 14.3. The zero-order valence-corrected chi connectivity index (χ0v) is 11.5. The minimum absolute atomic E-state index is 0.299. The molecule has 1 N–H and O–H groups in total. The third kappa shape index (κ3) is 1.71. The summed E-state index contributed by atoms with van der Waals surface area (Å²) < 4.78 is 8.95. The smallest absolute Gasteiger partial charge is 0.352 e. The van der Waals surface area contributed by atoms with E-state index < -0.39 is 5.97 Å². The van der Waals surface area contributed by atoms with Gasteiger partial charge in [0.1, 0.15) is 5.69 Å². The topological polar surface area (TPSA) is 56.4 Å². The van der Waals surface area contributed by atoms with E-state index in [9.17, 15) is 9.90 Å². The molecule has 0 amide bonds. The van der Waals surface area contributed by atoms with E-state index in [-0.39, 0.29) is 0 Å². The standard InChI is InChI=1S/C15H16N2O3/c1-16-11-6-4-3-5-10(11)14-12(16)9-13(15(18)19)17(14)7-8-20-2/h3-6,9H,7-8H2,1-2H3,(H,18,19). The Morgan fingerprint density at radius 3 is 2.75 bits per heavy atom. The van der Waals surface area contributed by atoms with Gasteiger partial charge in [-0.05, 0) is 12.1 Å². The minimum Gasteiger partial charge on any atom is -0.477 e. The molecule has 0 bridgehead atoms. The van der Waals surface area contributed by atoms with Gasteiger partial charge >= 0.3 is 5.97 Å². The van der Waals surface area contributed by atoms with Crippen LogP contribution in [0.1, 0.15) is 10.5 Å². The summed E-state index contributed by atoms with van der Waals surface area (Å²) in [6.07, 6.45) is 0. The van der Waals surface area contributed by atoms with Gasteiger partial charge in [0.15, 0.2) is 0 Å². The molecule has 0 aliphatic carbocycles. The first-order valence-electron chi connectivity index (χ1n) is 6.44. The van der Waals surface area contributed by atoms with Crippen molar-refractivity contribution in [3.8, 4) is 0 Å². The second-order valence-corrected chi connectivity index (χ2v) is 4.79. The molecule has 2 aromatic heterocycles. The molecule has 2 heterocycles. The van der Waals surface area contributed by atoms with Crippen molar-refractivity contribution >= 4 is 27.9 Å². The molecule has 0 saturated carbocycles. The number of ether oxygens (including phenoxy) is 1. The highest BCUT2D eigenvalue weighted by Crippen LogP contribution is 2.30. The molecule has 5 nitrogen and oxygen atoms in total. The number of aromatic nitrogens is 2. The van der Waals surface area contributed by atoms with Crippen molar-refractivity contribution in [2.24, 2.45) is 7.05 Å². The fourth-order valence-electron chi connectivity index (χ4n) is 2.76. The van der Waals surface area contributed by atoms with Crippen LogP contribution in [0, 0.1) is 0 Å². The summed E-state index contributed by atoms with van der Waals surface area (Å²) in [5.41, 5.74) is 3.28. The summed E-state index contributed by atoms with van der Waals surface area (Å²) in [5.74, 6) is -0.915. The number of nitrogens with zero attached hydrogens (tertiary/aromatic N) is 2. The lowest BCUT2D eigenvalue weighted by Crippen LogP contribution is -2.11. The van der Waals surface area contributed by atoms with Crippen LogP contribution in [-0.4, -0.2) is 33.9 Å². The number of methoxy groups -OCH3 is 1. The summed E-state index contributed by atoms with van der Waals surface area (Å²) in [7, 11) is 3.57. The highest BCUT2D eigenvalue weighted by molar-refractivity contribution is 6.09. The lowest BCUT2D eigenvalue weighted by molar-refractivity contribution is 0.0683. The third-order valence-corrected chi connectivity index (χ3v) is 3.70. The molecule has 0 spiro atoms. The van der Waals surface area contributed by atoms with E-state index in [0.29, 0.717) is 18.8 Å². The maximum atomic E-state index is 11.4. The summed E-state index contributed by atoms with van der Waals surface area (Å²) in [6, 6.07) is 9.74. The Hall–Kier alpha value is -2.27. The predicted octanol–water partition coefficient (Wildman–Crippen LogP) is 2.48. The molecule has 0 unspecified atom stereocenters. The van der Waals surface area contributed by atoms with Gasteiger partial charge in [0, 0.05) is 26.1 Å². The molecular weight excluding hydrogens is 256 g/mol. The third-order valence-electron chi connectivity index (χ3n) is 3.70. The zero-order valence-electron chi connectivity index (χ0n) is 11.5. The number of carboxylic acids is 1. The molecule has 3 aromatic rings. The van der Waals surface area contributed by atoms with Crippen molar-refractivity contribution in [2.45, 2.75) is 6.54 Å². The number of hydrogen-bond acceptors (Lipinski definition) is 2. The van der Waals surface area contributed by atoms with Crippen LogP contribution in [0.4, 0.5) is 0 Å². The van der Waals surface area contributed by atoms with Gasteiger partial charge in [-0.1, -0.05) is 18.2 Å². The molecule has 0 fully saturated rings. The van der Waals surface area contributed by atoms with Crippen molar-refractivity contribution in [3.63, 3.8) is 0 Å². The molecule has 0 saturated heterocycles. The van der Waals surface area contributed by atoms with Gasteiger partial charge in [-0.3, -0.25) is 0 Å². The summed E-state index contributed by atoms with van der Waals surface area (Å²) >= 11 is 0. The number of aromatic carboxylic acids is 1. The van der Waals surface area contributed by atoms with E-state index in [0.717, 1.165) is 21.9 Å². The highest BCUT2D eigenvalue weighted by Gasteiger charge is 2.19.